The molecule has 0 radical (unpaired) electrons. The van der Waals surface area contributed by atoms with Crippen LogP contribution in [-0.2, 0) is 0 Å². The van der Waals surface area contributed by atoms with E-state index in [1.165, 1.54) is 5.56 Å². The molecule has 1 heterocycles. The van der Waals surface area contributed by atoms with Gasteiger partial charge in [-0.1, -0.05) is 50.6 Å². The average Bonchev–Trinajstić information content (AvgIpc) is 2.77. The lowest BCUT2D eigenvalue weighted by Crippen LogP contribution is -2.12. The lowest BCUT2D eigenvalue weighted by atomic mass is 9.85. The molecular weight excluding hydrogens is 212 g/mol. The van der Waals surface area contributed by atoms with Crippen molar-refractivity contribution in [3.05, 3.63) is 41.7 Å². The average molecular weight is 230 g/mol. The second-order valence-electron chi connectivity index (χ2n) is 4.35. The topological polar surface area (TPSA) is 67.6 Å². The van der Waals surface area contributed by atoms with Gasteiger partial charge in [0.1, 0.15) is 5.82 Å². The third-order valence-electron chi connectivity index (χ3n) is 3.19. The molecule has 2 rings (SSSR count). The fraction of sp³-hybridized carbons (Fsp3) is 0.385. The number of hydrogen-bond donors (Lipinski definition) is 2. The molecule has 17 heavy (non-hydrogen) atoms. The Balaban J connectivity index is 2.39. The first-order chi connectivity index (χ1) is 8.22. The maximum Gasteiger partial charge on any atom is 0.239 e. The molecule has 0 amide bonds. The van der Waals surface area contributed by atoms with Gasteiger partial charge < -0.3 is 5.73 Å². The van der Waals surface area contributed by atoms with Gasteiger partial charge in [0.05, 0.1) is 0 Å². The summed E-state index contributed by atoms with van der Waals surface area (Å²) in [6.07, 6.45) is 1.08. The van der Waals surface area contributed by atoms with Crippen LogP contribution in [0.4, 0.5) is 5.95 Å². The zero-order valence-corrected chi connectivity index (χ0v) is 10.2. The second kappa shape index (κ2) is 4.99. The maximum absolute atomic E-state index is 5.58. The Bertz CT molecular complexity index is 463. The van der Waals surface area contributed by atoms with E-state index in [2.05, 4.69) is 41.2 Å². The minimum absolute atomic E-state index is 0.228. The Labute approximate surface area is 101 Å². The molecule has 2 atom stereocenters. The highest BCUT2D eigenvalue weighted by Crippen LogP contribution is 2.31. The van der Waals surface area contributed by atoms with Crippen LogP contribution in [0.2, 0.25) is 0 Å². The van der Waals surface area contributed by atoms with E-state index in [1.54, 1.807) is 0 Å². The first-order valence-electron chi connectivity index (χ1n) is 5.95. The standard InChI is InChI=1S/C13H18N4/c1-3-9(2)11(10-7-5-4-6-8-10)12-15-13(14)17-16-12/h4-9,11H,3H2,1-2H3,(H3,14,15,16,17). The van der Waals surface area contributed by atoms with E-state index in [1.807, 2.05) is 18.2 Å². The number of rotatable bonds is 4. The molecular formula is C13H18N4. The quantitative estimate of drug-likeness (QED) is 0.848. The van der Waals surface area contributed by atoms with Crippen molar-refractivity contribution >= 4 is 5.95 Å². The van der Waals surface area contributed by atoms with Gasteiger partial charge in [-0.2, -0.15) is 4.98 Å². The van der Waals surface area contributed by atoms with Gasteiger partial charge in [0.25, 0.3) is 0 Å². The summed E-state index contributed by atoms with van der Waals surface area (Å²) in [6.45, 7) is 4.40. The highest BCUT2D eigenvalue weighted by atomic mass is 15.3. The van der Waals surface area contributed by atoms with Crippen molar-refractivity contribution in [1.82, 2.24) is 15.2 Å². The Morgan fingerprint density at radius 2 is 2.00 bits per heavy atom. The molecule has 0 aliphatic heterocycles. The van der Waals surface area contributed by atoms with Gasteiger partial charge >= 0.3 is 0 Å². The molecule has 2 unspecified atom stereocenters. The number of nitrogens with one attached hydrogen (secondary N) is 1. The molecule has 90 valence electrons. The third-order valence-corrected chi connectivity index (χ3v) is 3.19. The first kappa shape index (κ1) is 11.6. The summed E-state index contributed by atoms with van der Waals surface area (Å²) < 4.78 is 0. The van der Waals surface area contributed by atoms with Crippen LogP contribution in [-0.4, -0.2) is 15.2 Å². The van der Waals surface area contributed by atoms with Crippen LogP contribution < -0.4 is 5.73 Å². The molecule has 1 aromatic carbocycles. The molecule has 0 bridgehead atoms. The highest BCUT2D eigenvalue weighted by molar-refractivity contribution is 5.28. The minimum atomic E-state index is 0.228. The minimum Gasteiger partial charge on any atom is -0.367 e. The van der Waals surface area contributed by atoms with Gasteiger partial charge in [-0.3, -0.25) is 5.10 Å². The SMILES string of the molecule is CCC(C)C(c1ccccc1)c1nc(N)n[nH]1. The maximum atomic E-state index is 5.58. The van der Waals surface area contributed by atoms with Crippen molar-refractivity contribution in [2.24, 2.45) is 5.92 Å². The molecule has 0 aliphatic rings. The molecule has 2 aromatic rings. The summed E-state index contributed by atoms with van der Waals surface area (Å²) in [5, 5.41) is 6.85. The lowest BCUT2D eigenvalue weighted by molar-refractivity contribution is 0.479. The molecule has 0 spiro atoms. The Morgan fingerprint density at radius 3 is 2.53 bits per heavy atom. The number of nitrogens with two attached hydrogens (primary N) is 1. The van der Waals surface area contributed by atoms with Crippen LogP contribution >= 0.6 is 0 Å². The normalized spacial score (nSPS) is 14.5. The molecule has 0 fully saturated rings. The van der Waals surface area contributed by atoms with Crippen molar-refractivity contribution in [2.45, 2.75) is 26.2 Å². The Morgan fingerprint density at radius 1 is 1.29 bits per heavy atom. The van der Waals surface area contributed by atoms with Gasteiger partial charge in [-0.15, -0.1) is 5.10 Å². The zero-order valence-electron chi connectivity index (χ0n) is 10.2. The number of anilines is 1. The molecule has 0 aliphatic carbocycles. The van der Waals surface area contributed by atoms with E-state index in [0.29, 0.717) is 11.9 Å². The largest absolute Gasteiger partial charge is 0.367 e. The smallest absolute Gasteiger partial charge is 0.239 e. The number of nitrogens with zero attached hydrogens (tertiary/aromatic N) is 2. The van der Waals surface area contributed by atoms with Crippen LogP contribution in [0.1, 0.15) is 37.6 Å². The van der Waals surface area contributed by atoms with Crippen molar-refractivity contribution < 1.29 is 0 Å². The molecule has 4 nitrogen and oxygen atoms in total. The zero-order chi connectivity index (χ0) is 12.3. The van der Waals surface area contributed by atoms with E-state index in [9.17, 15) is 0 Å². The molecule has 0 saturated carbocycles. The van der Waals surface area contributed by atoms with Crippen LogP contribution in [0.25, 0.3) is 0 Å². The van der Waals surface area contributed by atoms with E-state index in [-0.39, 0.29) is 5.92 Å². The van der Waals surface area contributed by atoms with E-state index < -0.39 is 0 Å². The molecule has 0 saturated heterocycles. The number of nitrogen functional groups attached to an aromatic ring is 1. The van der Waals surface area contributed by atoms with Crippen molar-refractivity contribution in [3.8, 4) is 0 Å². The van der Waals surface area contributed by atoms with Crippen LogP contribution in [0.3, 0.4) is 0 Å². The first-order valence-corrected chi connectivity index (χ1v) is 5.95. The van der Waals surface area contributed by atoms with E-state index >= 15 is 0 Å². The summed E-state index contributed by atoms with van der Waals surface area (Å²) >= 11 is 0. The molecule has 1 aromatic heterocycles. The predicted molar refractivity (Wildman–Crippen MR) is 68.5 cm³/mol. The summed E-state index contributed by atoms with van der Waals surface area (Å²) in [5.41, 5.74) is 6.83. The molecule has 4 heteroatoms. The lowest BCUT2D eigenvalue weighted by Gasteiger charge is -2.20. The summed E-state index contributed by atoms with van der Waals surface area (Å²) in [5.74, 6) is 1.88. The monoisotopic (exact) mass is 230 g/mol. The van der Waals surface area contributed by atoms with Gasteiger partial charge in [-0.05, 0) is 11.5 Å². The fourth-order valence-electron chi connectivity index (χ4n) is 2.08. The summed E-state index contributed by atoms with van der Waals surface area (Å²) in [4.78, 5) is 4.27. The third kappa shape index (κ3) is 2.46. The van der Waals surface area contributed by atoms with E-state index in [4.69, 9.17) is 5.73 Å². The van der Waals surface area contributed by atoms with Crippen molar-refractivity contribution in [3.63, 3.8) is 0 Å². The number of H-pyrrole nitrogens is 1. The van der Waals surface area contributed by atoms with Crippen molar-refractivity contribution in [2.75, 3.05) is 5.73 Å². The van der Waals surface area contributed by atoms with Crippen LogP contribution in [0, 0.1) is 5.92 Å². The summed E-state index contributed by atoms with van der Waals surface area (Å²) in [6, 6.07) is 10.4. The van der Waals surface area contributed by atoms with E-state index in [0.717, 1.165) is 12.2 Å². The van der Waals surface area contributed by atoms with Gasteiger partial charge in [-0.25, -0.2) is 0 Å². The number of hydrogen-bond acceptors (Lipinski definition) is 3. The van der Waals surface area contributed by atoms with Gasteiger partial charge in [0.15, 0.2) is 0 Å². The van der Waals surface area contributed by atoms with Crippen LogP contribution in [0.15, 0.2) is 30.3 Å². The van der Waals surface area contributed by atoms with Crippen LogP contribution in [0.5, 0.6) is 0 Å². The number of benzene rings is 1. The predicted octanol–water partition coefficient (Wildman–Crippen LogP) is 2.56. The Kier molecular flexibility index (Phi) is 3.42. The molecule has 3 N–H and O–H groups in total. The summed E-state index contributed by atoms with van der Waals surface area (Å²) in [7, 11) is 0. The number of aromatic nitrogens is 3. The fourth-order valence-corrected chi connectivity index (χ4v) is 2.08. The highest BCUT2D eigenvalue weighted by Gasteiger charge is 2.23. The van der Waals surface area contributed by atoms with Gasteiger partial charge in [0.2, 0.25) is 5.95 Å². The number of aromatic amines is 1. The Hall–Kier alpha value is -1.84. The van der Waals surface area contributed by atoms with Crippen molar-refractivity contribution in [1.29, 1.82) is 0 Å². The van der Waals surface area contributed by atoms with Gasteiger partial charge in [0, 0.05) is 5.92 Å². The second-order valence-corrected chi connectivity index (χ2v) is 4.35.